The number of carbonyl (C=O) groups is 1. The van der Waals surface area contributed by atoms with E-state index in [-0.39, 0.29) is 23.4 Å². The molecule has 0 heterocycles. The van der Waals surface area contributed by atoms with Crippen molar-refractivity contribution in [1.29, 1.82) is 0 Å². The molecule has 8 heteroatoms. The SMILES string of the molecule is COc1ccc2c(c1)CCCC2NC(=O)CN(c1ccc(Br)cc1)S(=O)(=O)c1ccccc1. The highest BCUT2D eigenvalue weighted by Crippen LogP contribution is 2.32. The van der Waals surface area contributed by atoms with E-state index < -0.39 is 10.0 Å². The zero-order valence-corrected chi connectivity index (χ0v) is 20.6. The van der Waals surface area contributed by atoms with Gasteiger partial charge in [0.1, 0.15) is 12.3 Å². The molecule has 1 aliphatic carbocycles. The lowest BCUT2D eigenvalue weighted by atomic mass is 9.87. The van der Waals surface area contributed by atoms with Crippen molar-refractivity contribution in [3.63, 3.8) is 0 Å². The molecule has 3 aromatic carbocycles. The van der Waals surface area contributed by atoms with Crippen LogP contribution in [0.25, 0.3) is 0 Å². The van der Waals surface area contributed by atoms with Crippen molar-refractivity contribution >= 4 is 37.5 Å². The first-order valence-corrected chi connectivity index (χ1v) is 12.9. The summed E-state index contributed by atoms with van der Waals surface area (Å²) < 4.78 is 34.2. The second-order valence-electron chi connectivity index (χ2n) is 7.88. The quantitative estimate of drug-likeness (QED) is 0.475. The Bertz CT molecular complexity index is 1230. The summed E-state index contributed by atoms with van der Waals surface area (Å²) in [7, 11) is -2.30. The van der Waals surface area contributed by atoms with E-state index in [0.29, 0.717) is 5.69 Å². The number of fused-ring (bicyclic) bond motifs is 1. The van der Waals surface area contributed by atoms with Gasteiger partial charge in [-0.3, -0.25) is 9.10 Å². The number of methoxy groups -OCH3 is 1. The van der Waals surface area contributed by atoms with E-state index in [1.807, 2.05) is 18.2 Å². The largest absolute Gasteiger partial charge is 0.497 e. The first-order valence-electron chi connectivity index (χ1n) is 10.7. The van der Waals surface area contributed by atoms with Gasteiger partial charge >= 0.3 is 0 Å². The van der Waals surface area contributed by atoms with Gasteiger partial charge in [0, 0.05) is 4.47 Å². The number of nitrogens with zero attached hydrogens (tertiary/aromatic N) is 1. The predicted molar refractivity (Wildman–Crippen MR) is 132 cm³/mol. The van der Waals surface area contributed by atoms with Crippen molar-refractivity contribution < 1.29 is 17.9 Å². The van der Waals surface area contributed by atoms with Crippen LogP contribution in [0.1, 0.15) is 30.0 Å². The molecule has 172 valence electrons. The van der Waals surface area contributed by atoms with Gasteiger partial charge in [0.15, 0.2) is 0 Å². The minimum Gasteiger partial charge on any atom is -0.497 e. The Kier molecular flexibility index (Phi) is 7.05. The zero-order valence-electron chi connectivity index (χ0n) is 18.2. The van der Waals surface area contributed by atoms with E-state index >= 15 is 0 Å². The van der Waals surface area contributed by atoms with Crippen LogP contribution in [0, 0.1) is 0 Å². The second kappa shape index (κ2) is 9.97. The minimum atomic E-state index is -3.93. The highest BCUT2D eigenvalue weighted by atomic mass is 79.9. The molecule has 0 saturated carbocycles. The van der Waals surface area contributed by atoms with Crippen LogP contribution in [0.2, 0.25) is 0 Å². The summed E-state index contributed by atoms with van der Waals surface area (Å²) in [6.45, 7) is -0.319. The molecule has 3 aromatic rings. The number of amides is 1. The number of hydrogen-bond donors (Lipinski definition) is 1. The molecule has 1 amide bonds. The van der Waals surface area contributed by atoms with Crippen molar-refractivity contribution in [3.8, 4) is 5.75 Å². The number of aryl methyl sites for hydroxylation is 1. The van der Waals surface area contributed by atoms with Crippen LogP contribution in [0.15, 0.2) is 82.2 Å². The van der Waals surface area contributed by atoms with Gasteiger partial charge in [-0.2, -0.15) is 0 Å². The molecule has 1 atom stereocenters. The summed E-state index contributed by atoms with van der Waals surface area (Å²) in [4.78, 5) is 13.3. The van der Waals surface area contributed by atoms with E-state index in [4.69, 9.17) is 4.74 Å². The highest BCUT2D eigenvalue weighted by molar-refractivity contribution is 9.10. The predicted octanol–water partition coefficient (Wildman–Crippen LogP) is 4.85. The van der Waals surface area contributed by atoms with Crippen molar-refractivity contribution in [2.24, 2.45) is 0 Å². The Balaban J connectivity index is 1.60. The third-order valence-electron chi connectivity index (χ3n) is 5.73. The van der Waals surface area contributed by atoms with Crippen LogP contribution in [0.3, 0.4) is 0 Å². The topological polar surface area (TPSA) is 75.7 Å². The number of rotatable bonds is 7. The molecule has 0 saturated heterocycles. The number of hydrogen-bond acceptors (Lipinski definition) is 4. The van der Waals surface area contributed by atoms with Gasteiger partial charge < -0.3 is 10.1 Å². The molecule has 0 radical (unpaired) electrons. The van der Waals surface area contributed by atoms with Crippen LogP contribution in [0.5, 0.6) is 5.75 Å². The second-order valence-corrected chi connectivity index (χ2v) is 10.7. The fourth-order valence-corrected chi connectivity index (χ4v) is 5.79. The molecule has 0 spiro atoms. The molecule has 1 aliphatic rings. The lowest BCUT2D eigenvalue weighted by molar-refractivity contribution is -0.120. The van der Waals surface area contributed by atoms with E-state index in [1.165, 1.54) is 12.1 Å². The number of sulfonamides is 1. The van der Waals surface area contributed by atoms with Crippen LogP contribution in [-0.2, 0) is 21.2 Å². The number of halogens is 1. The van der Waals surface area contributed by atoms with E-state index in [1.54, 1.807) is 49.6 Å². The molecule has 4 rings (SSSR count). The Morgan fingerprint density at radius 2 is 1.82 bits per heavy atom. The minimum absolute atomic E-state index is 0.135. The van der Waals surface area contributed by atoms with Crippen molar-refractivity contribution in [2.75, 3.05) is 18.0 Å². The van der Waals surface area contributed by atoms with E-state index in [2.05, 4.69) is 21.2 Å². The molecule has 0 aliphatic heterocycles. The molecule has 1 N–H and O–H groups in total. The number of carbonyl (C=O) groups excluding carboxylic acids is 1. The average molecular weight is 529 g/mol. The lowest BCUT2D eigenvalue weighted by Gasteiger charge is -2.29. The summed E-state index contributed by atoms with van der Waals surface area (Å²) in [5, 5.41) is 3.05. The first kappa shape index (κ1) is 23.3. The average Bonchev–Trinajstić information content (AvgIpc) is 2.83. The number of anilines is 1. The highest BCUT2D eigenvalue weighted by Gasteiger charge is 2.29. The smallest absolute Gasteiger partial charge is 0.264 e. The zero-order chi connectivity index (χ0) is 23.4. The van der Waals surface area contributed by atoms with E-state index in [0.717, 1.165) is 44.9 Å². The maximum absolute atomic E-state index is 13.4. The standard InChI is InChI=1S/C25H25BrN2O4S/c1-32-21-14-15-23-18(16-21)6-5-9-24(23)27-25(29)17-28(20-12-10-19(26)11-13-20)33(30,31)22-7-3-2-4-8-22/h2-4,7-8,10-16,24H,5-6,9,17H2,1H3,(H,27,29). The molecule has 1 unspecified atom stereocenters. The van der Waals surface area contributed by atoms with Gasteiger partial charge in [-0.15, -0.1) is 0 Å². The molecular weight excluding hydrogens is 504 g/mol. The molecular formula is C25H25BrN2O4S. The lowest BCUT2D eigenvalue weighted by Crippen LogP contribution is -2.42. The molecule has 6 nitrogen and oxygen atoms in total. The molecule has 33 heavy (non-hydrogen) atoms. The fourth-order valence-electron chi connectivity index (χ4n) is 4.08. The van der Waals surface area contributed by atoms with Gasteiger partial charge in [0.2, 0.25) is 5.91 Å². The summed E-state index contributed by atoms with van der Waals surface area (Å²) >= 11 is 3.38. The Morgan fingerprint density at radius 1 is 1.09 bits per heavy atom. The maximum Gasteiger partial charge on any atom is 0.264 e. The number of ether oxygens (including phenoxy) is 1. The fraction of sp³-hybridized carbons (Fsp3) is 0.240. The van der Waals surface area contributed by atoms with Gasteiger partial charge in [-0.1, -0.05) is 40.2 Å². The Labute approximate surface area is 202 Å². The van der Waals surface area contributed by atoms with Crippen molar-refractivity contribution in [1.82, 2.24) is 5.32 Å². The summed E-state index contributed by atoms with van der Waals surface area (Å²) in [5.41, 5.74) is 2.62. The summed E-state index contributed by atoms with van der Waals surface area (Å²) in [5.74, 6) is 0.433. The van der Waals surface area contributed by atoms with Crippen LogP contribution in [-0.4, -0.2) is 28.0 Å². The van der Waals surface area contributed by atoms with Gasteiger partial charge in [-0.25, -0.2) is 8.42 Å². The monoisotopic (exact) mass is 528 g/mol. The van der Waals surface area contributed by atoms with Crippen LogP contribution >= 0.6 is 15.9 Å². The third-order valence-corrected chi connectivity index (χ3v) is 8.05. The van der Waals surface area contributed by atoms with Gasteiger partial charge in [0.05, 0.1) is 23.7 Å². The van der Waals surface area contributed by atoms with E-state index in [9.17, 15) is 13.2 Å². The third kappa shape index (κ3) is 5.23. The van der Waals surface area contributed by atoms with Crippen molar-refractivity contribution in [3.05, 3.63) is 88.4 Å². The number of benzene rings is 3. The Morgan fingerprint density at radius 3 is 2.52 bits per heavy atom. The normalized spacial score (nSPS) is 15.4. The number of nitrogens with one attached hydrogen (secondary N) is 1. The Hall–Kier alpha value is -2.84. The van der Waals surface area contributed by atoms with Crippen molar-refractivity contribution in [2.45, 2.75) is 30.2 Å². The summed E-state index contributed by atoms with van der Waals surface area (Å²) in [6.07, 6.45) is 2.66. The molecule has 0 aromatic heterocycles. The molecule has 0 fully saturated rings. The summed E-state index contributed by atoms with van der Waals surface area (Å²) in [6, 6.07) is 20.7. The first-order chi connectivity index (χ1) is 15.9. The maximum atomic E-state index is 13.4. The van der Waals surface area contributed by atoms with Gasteiger partial charge in [0.25, 0.3) is 10.0 Å². The van der Waals surface area contributed by atoms with Gasteiger partial charge in [-0.05, 0) is 78.9 Å². The van der Waals surface area contributed by atoms with Crippen LogP contribution in [0.4, 0.5) is 5.69 Å². The van der Waals surface area contributed by atoms with Crippen LogP contribution < -0.4 is 14.4 Å². The molecule has 0 bridgehead atoms.